The van der Waals surface area contributed by atoms with Gasteiger partial charge >= 0.3 is 5.97 Å². The van der Waals surface area contributed by atoms with E-state index in [1.165, 1.54) is 18.4 Å². The van der Waals surface area contributed by atoms with Crippen molar-refractivity contribution in [1.82, 2.24) is 4.98 Å². The maximum absolute atomic E-state index is 12.5. The molecule has 2 aromatic carbocycles. The van der Waals surface area contributed by atoms with E-state index in [0.29, 0.717) is 34.3 Å². The third-order valence-corrected chi connectivity index (χ3v) is 5.18. The molecule has 0 fully saturated rings. The zero-order chi connectivity index (χ0) is 20.8. The molecule has 6 nitrogen and oxygen atoms in total. The van der Waals surface area contributed by atoms with Crippen LogP contribution in [-0.2, 0) is 22.6 Å². The van der Waals surface area contributed by atoms with Crippen molar-refractivity contribution in [3.05, 3.63) is 74.7 Å². The number of amides is 1. The van der Waals surface area contributed by atoms with E-state index in [1.54, 1.807) is 36.4 Å². The third kappa shape index (κ3) is 5.56. The van der Waals surface area contributed by atoms with Crippen LogP contribution < -0.4 is 10.1 Å². The van der Waals surface area contributed by atoms with Gasteiger partial charge in [-0.15, -0.1) is 11.3 Å². The standard InChI is InChI=1S/C21H19ClN2O4S/c1-13-4-3-5-17(21(26)27-2)20(13)24-18(25)10-15-12-29-19(23-15)11-28-16-8-6-14(22)7-9-16/h3-9,12H,10-11H2,1-2H3,(H,24,25). The van der Waals surface area contributed by atoms with Crippen LogP contribution in [0.3, 0.4) is 0 Å². The number of hydrogen-bond donors (Lipinski definition) is 1. The fourth-order valence-electron chi connectivity index (χ4n) is 2.63. The Kier molecular flexibility index (Phi) is 6.85. The normalized spacial score (nSPS) is 10.4. The van der Waals surface area contributed by atoms with E-state index in [4.69, 9.17) is 21.1 Å². The molecule has 0 bridgehead atoms. The van der Waals surface area contributed by atoms with Crippen molar-refractivity contribution < 1.29 is 19.1 Å². The maximum Gasteiger partial charge on any atom is 0.339 e. The molecular formula is C21H19ClN2O4S. The Morgan fingerprint density at radius 2 is 1.93 bits per heavy atom. The second-order valence-corrected chi connectivity index (χ2v) is 7.57. The van der Waals surface area contributed by atoms with E-state index >= 15 is 0 Å². The van der Waals surface area contributed by atoms with E-state index in [2.05, 4.69) is 10.3 Å². The number of nitrogens with one attached hydrogen (secondary N) is 1. The molecule has 0 unspecified atom stereocenters. The summed E-state index contributed by atoms with van der Waals surface area (Å²) in [5.74, 6) is -0.0713. The van der Waals surface area contributed by atoms with Crippen molar-refractivity contribution in [3.8, 4) is 5.75 Å². The van der Waals surface area contributed by atoms with Crippen LogP contribution in [0.15, 0.2) is 47.8 Å². The molecule has 1 N–H and O–H groups in total. The monoisotopic (exact) mass is 430 g/mol. The minimum absolute atomic E-state index is 0.0897. The minimum atomic E-state index is -0.501. The highest BCUT2D eigenvalue weighted by Gasteiger charge is 2.16. The average Bonchev–Trinajstić information content (AvgIpc) is 3.15. The van der Waals surface area contributed by atoms with Crippen molar-refractivity contribution in [3.63, 3.8) is 0 Å². The number of carbonyl (C=O) groups is 2. The summed E-state index contributed by atoms with van der Waals surface area (Å²) in [6.07, 6.45) is 0.0897. The van der Waals surface area contributed by atoms with Crippen molar-refractivity contribution in [2.24, 2.45) is 0 Å². The second kappa shape index (κ2) is 9.54. The van der Waals surface area contributed by atoms with Gasteiger partial charge in [-0.05, 0) is 42.8 Å². The zero-order valence-electron chi connectivity index (χ0n) is 15.9. The fourth-order valence-corrected chi connectivity index (χ4v) is 3.47. The molecule has 150 valence electrons. The van der Waals surface area contributed by atoms with E-state index in [0.717, 1.165) is 10.6 Å². The lowest BCUT2D eigenvalue weighted by molar-refractivity contribution is -0.115. The Bertz CT molecular complexity index is 1020. The van der Waals surface area contributed by atoms with Gasteiger partial charge in [-0.25, -0.2) is 9.78 Å². The average molecular weight is 431 g/mol. The van der Waals surface area contributed by atoms with E-state index in [-0.39, 0.29) is 12.3 Å². The summed E-state index contributed by atoms with van der Waals surface area (Å²) >= 11 is 7.27. The number of para-hydroxylation sites is 1. The number of anilines is 1. The minimum Gasteiger partial charge on any atom is -0.486 e. The lowest BCUT2D eigenvalue weighted by atomic mass is 10.1. The number of halogens is 1. The number of benzene rings is 2. The summed E-state index contributed by atoms with van der Waals surface area (Å²) in [6.45, 7) is 2.12. The van der Waals surface area contributed by atoms with Crippen LogP contribution in [0, 0.1) is 6.92 Å². The molecule has 1 heterocycles. The largest absolute Gasteiger partial charge is 0.486 e. The number of thiazole rings is 1. The number of hydrogen-bond acceptors (Lipinski definition) is 6. The molecule has 1 aromatic heterocycles. The summed E-state index contributed by atoms with van der Waals surface area (Å²) < 4.78 is 10.5. The summed E-state index contributed by atoms with van der Waals surface area (Å²) in [7, 11) is 1.30. The number of methoxy groups -OCH3 is 1. The van der Waals surface area contributed by atoms with Crippen molar-refractivity contribution in [1.29, 1.82) is 0 Å². The Morgan fingerprint density at radius 3 is 2.66 bits per heavy atom. The van der Waals surface area contributed by atoms with Crippen LogP contribution in [0.25, 0.3) is 0 Å². The van der Waals surface area contributed by atoms with Gasteiger partial charge in [0.1, 0.15) is 17.4 Å². The lowest BCUT2D eigenvalue weighted by Gasteiger charge is -2.12. The Labute approximate surface area is 177 Å². The molecule has 3 rings (SSSR count). The number of aromatic nitrogens is 1. The Balaban J connectivity index is 1.61. The first-order valence-electron chi connectivity index (χ1n) is 8.75. The van der Waals surface area contributed by atoms with Crippen LogP contribution >= 0.6 is 22.9 Å². The van der Waals surface area contributed by atoms with Gasteiger partial charge in [0, 0.05) is 10.4 Å². The first kappa shape index (κ1) is 20.8. The molecule has 0 aliphatic heterocycles. The molecule has 29 heavy (non-hydrogen) atoms. The molecule has 0 saturated heterocycles. The Hall–Kier alpha value is -2.90. The molecular weight excluding hydrogens is 412 g/mol. The summed E-state index contributed by atoms with van der Waals surface area (Å²) in [4.78, 5) is 28.8. The number of nitrogens with zero attached hydrogens (tertiary/aromatic N) is 1. The number of aryl methyl sites for hydroxylation is 1. The molecule has 8 heteroatoms. The number of carbonyl (C=O) groups excluding carboxylic acids is 2. The highest BCUT2D eigenvalue weighted by atomic mass is 35.5. The van der Waals surface area contributed by atoms with Crippen LogP contribution in [-0.4, -0.2) is 24.0 Å². The lowest BCUT2D eigenvalue weighted by Crippen LogP contribution is -2.18. The smallest absolute Gasteiger partial charge is 0.339 e. The first-order valence-corrected chi connectivity index (χ1v) is 10.0. The van der Waals surface area contributed by atoms with Crippen molar-refractivity contribution in [2.75, 3.05) is 12.4 Å². The molecule has 0 spiro atoms. The molecule has 0 atom stereocenters. The molecule has 0 aliphatic carbocycles. The molecule has 3 aromatic rings. The predicted octanol–water partition coefficient (Wildman–Crippen LogP) is 4.65. The highest BCUT2D eigenvalue weighted by Crippen LogP contribution is 2.22. The zero-order valence-corrected chi connectivity index (χ0v) is 17.5. The van der Waals surface area contributed by atoms with E-state index in [1.807, 2.05) is 18.4 Å². The highest BCUT2D eigenvalue weighted by molar-refractivity contribution is 7.09. The van der Waals surface area contributed by atoms with Gasteiger partial charge in [0.05, 0.1) is 30.5 Å². The second-order valence-electron chi connectivity index (χ2n) is 6.19. The Morgan fingerprint density at radius 1 is 1.17 bits per heavy atom. The SMILES string of the molecule is COC(=O)c1cccc(C)c1NC(=O)Cc1csc(COc2ccc(Cl)cc2)n1. The van der Waals surface area contributed by atoms with Gasteiger partial charge < -0.3 is 14.8 Å². The predicted molar refractivity (Wildman–Crippen MR) is 113 cm³/mol. The summed E-state index contributed by atoms with van der Waals surface area (Å²) in [6, 6.07) is 12.2. The summed E-state index contributed by atoms with van der Waals surface area (Å²) in [5, 5.41) is 6.02. The third-order valence-electron chi connectivity index (χ3n) is 4.06. The molecule has 1 amide bonds. The van der Waals surface area contributed by atoms with Gasteiger partial charge in [0.2, 0.25) is 5.91 Å². The number of rotatable bonds is 7. The van der Waals surface area contributed by atoms with Crippen LogP contribution in [0.4, 0.5) is 5.69 Å². The van der Waals surface area contributed by atoms with Crippen LogP contribution in [0.2, 0.25) is 5.02 Å². The maximum atomic E-state index is 12.5. The van der Waals surface area contributed by atoms with Gasteiger partial charge in [-0.2, -0.15) is 0 Å². The molecule has 0 radical (unpaired) electrons. The van der Waals surface area contributed by atoms with Gasteiger partial charge in [-0.1, -0.05) is 23.7 Å². The van der Waals surface area contributed by atoms with Gasteiger partial charge in [-0.3, -0.25) is 4.79 Å². The quantitative estimate of drug-likeness (QED) is 0.552. The van der Waals surface area contributed by atoms with E-state index in [9.17, 15) is 9.59 Å². The number of ether oxygens (including phenoxy) is 2. The topological polar surface area (TPSA) is 77.5 Å². The van der Waals surface area contributed by atoms with Crippen LogP contribution in [0.1, 0.15) is 26.6 Å². The fraction of sp³-hybridized carbons (Fsp3) is 0.190. The van der Waals surface area contributed by atoms with Crippen molar-refractivity contribution in [2.45, 2.75) is 20.0 Å². The number of esters is 1. The molecule has 0 saturated carbocycles. The van der Waals surface area contributed by atoms with Gasteiger partial charge in [0.15, 0.2) is 0 Å². The van der Waals surface area contributed by atoms with Crippen LogP contribution in [0.5, 0.6) is 5.75 Å². The molecule has 0 aliphatic rings. The first-order chi connectivity index (χ1) is 14.0. The summed E-state index contributed by atoms with van der Waals surface area (Å²) in [5.41, 5.74) is 2.18. The van der Waals surface area contributed by atoms with E-state index < -0.39 is 5.97 Å². The van der Waals surface area contributed by atoms with Gasteiger partial charge in [0.25, 0.3) is 0 Å². The van der Waals surface area contributed by atoms with Crippen molar-refractivity contribution >= 4 is 40.5 Å².